The quantitative estimate of drug-likeness (QED) is 0.490. The lowest BCUT2D eigenvalue weighted by atomic mass is 10.1. The number of hydrogen-bond acceptors (Lipinski definition) is 3. The molecule has 6 heteroatoms. The van der Waals surface area contributed by atoms with Crippen LogP contribution < -0.4 is 5.32 Å². The number of rotatable bonds is 6. The summed E-state index contributed by atoms with van der Waals surface area (Å²) < 4.78 is 2.89. The van der Waals surface area contributed by atoms with Crippen molar-refractivity contribution < 1.29 is 4.79 Å². The number of nitrogens with zero attached hydrogens (tertiary/aromatic N) is 3. The summed E-state index contributed by atoms with van der Waals surface area (Å²) >= 11 is 3.34. The van der Waals surface area contributed by atoms with E-state index in [4.69, 9.17) is 5.26 Å². The highest BCUT2D eigenvalue weighted by molar-refractivity contribution is 9.10. The van der Waals surface area contributed by atoms with Crippen LogP contribution in [0.2, 0.25) is 0 Å². The van der Waals surface area contributed by atoms with Gasteiger partial charge in [0, 0.05) is 30.0 Å². The first-order valence-corrected chi connectivity index (χ1v) is 7.59. The zero-order chi connectivity index (χ0) is 15.8. The van der Waals surface area contributed by atoms with Gasteiger partial charge in [-0.15, -0.1) is 0 Å². The third kappa shape index (κ3) is 4.86. The maximum atomic E-state index is 12.0. The second-order valence-electron chi connectivity index (χ2n) is 4.63. The van der Waals surface area contributed by atoms with Crippen molar-refractivity contribution in [3.63, 3.8) is 0 Å². The van der Waals surface area contributed by atoms with Crippen LogP contribution in [-0.4, -0.2) is 22.0 Å². The highest BCUT2D eigenvalue weighted by Crippen LogP contribution is 2.13. The van der Waals surface area contributed by atoms with Crippen molar-refractivity contribution in [2.75, 3.05) is 6.54 Å². The molecule has 0 aliphatic carbocycles. The predicted molar refractivity (Wildman–Crippen MR) is 87.6 cm³/mol. The van der Waals surface area contributed by atoms with Crippen molar-refractivity contribution in [3.05, 3.63) is 58.6 Å². The molecule has 1 aromatic heterocycles. The molecule has 0 saturated carbocycles. The number of aromatic nitrogens is 2. The van der Waals surface area contributed by atoms with Crippen LogP contribution in [0.25, 0.3) is 6.08 Å². The Balaban J connectivity index is 1.86. The van der Waals surface area contributed by atoms with Crippen LogP contribution in [0.5, 0.6) is 0 Å². The van der Waals surface area contributed by atoms with Crippen LogP contribution in [0.1, 0.15) is 12.0 Å². The van der Waals surface area contributed by atoms with Gasteiger partial charge in [-0.3, -0.25) is 4.79 Å². The molecule has 0 radical (unpaired) electrons. The van der Waals surface area contributed by atoms with Gasteiger partial charge in [-0.05, 0) is 30.2 Å². The smallest absolute Gasteiger partial charge is 0.261 e. The van der Waals surface area contributed by atoms with E-state index in [-0.39, 0.29) is 11.5 Å². The normalized spacial score (nSPS) is 11.0. The van der Waals surface area contributed by atoms with E-state index in [0.29, 0.717) is 6.54 Å². The monoisotopic (exact) mass is 358 g/mol. The van der Waals surface area contributed by atoms with E-state index < -0.39 is 0 Å². The third-order valence-corrected chi connectivity index (χ3v) is 3.51. The molecule has 5 nitrogen and oxygen atoms in total. The number of nitriles is 1. The van der Waals surface area contributed by atoms with Crippen LogP contribution >= 0.6 is 15.9 Å². The molecule has 1 N–H and O–H groups in total. The highest BCUT2D eigenvalue weighted by atomic mass is 79.9. The Kier molecular flexibility index (Phi) is 5.92. The minimum Gasteiger partial charge on any atom is -0.351 e. The van der Waals surface area contributed by atoms with Crippen LogP contribution in [0.15, 0.2) is 53.0 Å². The summed E-state index contributed by atoms with van der Waals surface area (Å²) in [5.74, 6) is -0.351. The SMILES string of the molecule is N#CC(=Cc1ccc(Br)cc1)C(=O)NCCCn1ccnc1. The summed E-state index contributed by atoms with van der Waals surface area (Å²) in [4.78, 5) is 15.9. The van der Waals surface area contributed by atoms with Gasteiger partial charge in [-0.1, -0.05) is 28.1 Å². The first kappa shape index (κ1) is 16.0. The molecule has 112 valence electrons. The summed E-state index contributed by atoms with van der Waals surface area (Å²) in [5, 5.41) is 11.9. The fourth-order valence-corrected chi connectivity index (χ4v) is 2.12. The Hall–Kier alpha value is -2.39. The number of imidazole rings is 1. The zero-order valence-corrected chi connectivity index (χ0v) is 13.5. The minimum absolute atomic E-state index is 0.102. The molecule has 0 aliphatic heterocycles. The van der Waals surface area contributed by atoms with Crippen molar-refractivity contribution in [2.45, 2.75) is 13.0 Å². The predicted octanol–water partition coefficient (Wildman–Crippen LogP) is 2.76. The molecule has 22 heavy (non-hydrogen) atoms. The third-order valence-electron chi connectivity index (χ3n) is 2.98. The molecule has 2 rings (SSSR count). The first-order chi connectivity index (χ1) is 10.7. The fourth-order valence-electron chi connectivity index (χ4n) is 1.85. The second kappa shape index (κ2) is 8.15. The summed E-state index contributed by atoms with van der Waals surface area (Å²) in [5.41, 5.74) is 0.915. The van der Waals surface area contributed by atoms with E-state index in [1.54, 1.807) is 18.6 Å². The summed E-state index contributed by atoms with van der Waals surface area (Å²) in [6.45, 7) is 1.29. The van der Waals surface area contributed by atoms with Crippen LogP contribution in [0, 0.1) is 11.3 Å². The van der Waals surface area contributed by atoms with Crippen molar-refractivity contribution >= 4 is 27.9 Å². The van der Waals surface area contributed by atoms with Gasteiger partial charge < -0.3 is 9.88 Å². The van der Waals surface area contributed by atoms with Gasteiger partial charge in [0.15, 0.2) is 0 Å². The molecule has 1 aromatic carbocycles. The number of nitrogens with one attached hydrogen (secondary N) is 1. The standard InChI is InChI=1S/C16H15BrN4O/c17-15-4-2-13(3-5-15)10-14(11-18)16(22)20-6-1-8-21-9-7-19-12-21/h2-5,7,9-10,12H,1,6,8H2,(H,20,22). The number of halogens is 1. The summed E-state index contributed by atoms with van der Waals surface area (Å²) in [6, 6.07) is 9.35. The average Bonchev–Trinajstić information content (AvgIpc) is 3.04. The lowest BCUT2D eigenvalue weighted by Crippen LogP contribution is -2.26. The van der Waals surface area contributed by atoms with E-state index in [0.717, 1.165) is 23.0 Å². The Bertz CT molecular complexity index is 684. The second-order valence-corrected chi connectivity index (χ2v) is 5.55. The van der Waals surface area contributed by atoms with Gasteiger partial charge in [0.1, 0.15) is 11.6 Å². The number of aryl methyl sites for hydroxylation is 1. The maximum Gasteiger partial charge on any atom is 0.261 e. The maximum absolute atomic E-state index is 12.0. The Labute approximate surface area is 137 Å². The van der Waals surface area contributed by atoms with Gasteiger partial charge in [-0.25, -0.2) is 4.98 Å². The molecular formula is C16H15BrN4O. The minimum atomic E-state index is -0.351. The van der Waals surface area contributed by atoms with Crippen LogP contribution in [-0.2, 0) is 11.3 Å². The Morgan fingerprint density at radius 2 is 2.18 bits per heavy atom. The summed E-state index contributed by atoms with van der Waals surface area (Å²) in [6.07, 6.45) is 7.68. The molecule has 1 amide bonds. The van der Waals surface area contributed by atoms with E-state index in [1.165, 1.54) is 0 Å². The topological polar surface area (TPSA) is 70.7 Å². The van der Waals surface area contributed by atoms with Gasteiger partial charge in [0.05, 0.1) is 6.33 Å². The molecule has 0 atom stereocenters. The molecule has 0 aliphatic rings. The first-order valence-electron chi connectivity index (χ1n) is 6.80. The molecule has 0 bridgehead atoms. The number of benzene rings is 1. The highest BCUT2D eigenvalue weighted by Gasteiger charge is 2.08. The van der Waals surface area contributed by atoms with Crippen molar-refractivity contribution in [3.8, 4) is 6.07 Å². The molecular weight excluding hydrogens is 344 g/mol. The lowest BCUT2D eigenvalue weighted by molar-refractivity contribution is -0.117. The largest absolute Gasteiger partial charge is 0.351 e. The van der Waals surface area contributed by atoms with Gasteiger partial charge in [-0.2, -0.15) is 5.26 Å². The fraction of sp³-hybridized carbons (Fsp3) is 0.188. The number of carbonyl (C=O) groups is 1. The van der Waals surface area contributed by atoms with Crippen LogP contribution in [0.3, 0.4) is 0 Å². The summed E-state index contributed by atoms with van der Waals surface area (Å²) in [7, 11) is 0. The Morgan fingerprint density at radius 1 is 1.41 bits per heavy atom. The van der Waals surface area contributed by atoms with E-state index in [1.807, 2.05) is 41.1 Å². The van der Waals surface area contributed by atoms with E-state index >= 15 is 0 Å². The van der Waals surface area contributed by atoms with Crippen LogP contribution in [0.4, 0.5) is 0 Å². The zero-order valence-electron chi connectivity index (χ0n) is 11.9. The number of hydrogen-bond donors (Lipinski definition) is 1. The molecule has 2 aromatic rings. The van der Waals surface area contributed by atoms with E-state index in [2.05, 4.69) is 26.2 Å². The van der Waals surface area contributed by atoms with Gasteiger partial charge >= 0.3 is 0 Å². The van der Waals surface area contributed by atoms with Gasteiger partial charge in [0.25, 0.3) is 5.91 Å². The number of amides is 1. The van der Waals surface area contributed by atoms with Crippen molar-refractivity contribution in [2.24, 2.45) is 0 Å². The van der Waals surface area contributed by atoms with Crippen molar-refractivity contribution in [1.82, 2.24) is 14.9 Å². The molecule has 0 fully saturated rings. The molecule has 0 saturated heterocycles. The van der Waals surface area contributed by atoms with E-state index in [9.17, 15) is 4.79 Å². The van der Waals surface area contributed by atoms with Gasteiger partial charge in [0.2, 0.25) is 0 Å². The lowest BCUT2D eigenvalue weighted by Gasteiger charge is -2.05. The molecule has 0 spiro atoms. The molecule has 0 unspecified atom stereocenters. The Morgan fingerprint density at radius 3 is 2.82 bits per heavy atom. The average molecular weight is 359 g/mol. The van der Waals surface area contributed by atoms with Crippen molar-refractivity contribution in [1.29, 1.82) is 5.26 Å². The molecule has 1 heterocycles. The number of carbonyl (C=O) groups excluding carboxylic acids is 1.